The van der Waals surface area contributed by atoms with Gasteiger partial charge in [-0.2, -0.15) is 11.8 Å². The summed E-state index contributed by atoms with van der Waals surface area (Å²) in [6, 6.07) is 0. The molecule has 1 aliphatic heterocycles. The van der Waals surface area contributed by atoms with E-state index in [-0.39, 0.29) is 5.54 Å². The van der Waals surface area contributed by atoms with Crippen LogP contribution in [0.2, 0.25) is 0 Å². The molecule has 1 atom stereocenters. The van der Waals surface area contributed by atoms with E-state index in [1.54, 1.807) is 14.2 Å². The molecule has 0 spiro atoms. The number of hydrogen-bond acceptors (Lipinski definition) is 5. The van der Waals surface area contributed by atoms with Crippen molar-refractivity contribution in [1.82, 2.24) is 4.90 Å². The Labute approximate surface area is 109 Å². The van der Waals surface area contributed by atoms with Crippen LogP contribution < -0.4 is 5.73 Å². The first-order valence-electron chi connectivity index (χ1n) is 6.30. The maximum Gasteiger partial charge on any atom is 0.0589 e. The quantitative estimate of drug-likeness (QED) is 0.701. The van der Waals surface area contributed by atoms with Gasteiger partial charge in [0.05, 0.1) is 13.2 Å². The summed E-state index contributed by atoms with van der Waals surface area (Å²) in [7, 11) is 3.50. The Balaban J connectivity index is 2.61. The van der Waals surface area contributed by atoms with Crippen LogP contribution in [0.5, 0.6) is 0 Å². The molecule has 0 aromatic rings. The SMILES string of the molecule is COCCN(CCOC)C1(CN)CCCSC1. The standard InChI is InChI=1S/C12H26N2O2S/c1-15-7-5-14(6-8-16-2)12(10-13)4-3-9-17-11-12/h3-11,13H2,1-2H3. The molecule has 1 rings (SSSR count). The fourth-order valence-corrected chi connectivity index (χ4v) is 3.68. The second-order valence-electron chi connectivity index (χ2n) is 4.56. The molecule has 1 unspecified atom stereocenters. The average molecular weight is 262 g/mol. The molecule has 1 aliphatic rings. The van der Waals surface area contributed by atoms with Crippen molar-refractivity contribution in [3.05, 3.63) is 0 Å². The number of rotatable bonds is 8. The van der Waals surface area contributed by atoms with Crippen LogP contribution >= 0.6 is 11.8 Å². The molecule has 2 N–H and O–H groups in total. The van der Waals surface area contributed by atoms with Crippen LogP contribution in [0.1, 0.15) is 12.8 Å². The van der Waals surface area contributed by atoms with Gasteiger partial charge in [-0.3, -0.25) is 4.90 Å². The third kappa shape index (κ3) is 4.41. The minimum atomic E-state index is 0.153. The van der Waals surface area contributed by atoms with E-state index in [2.05, 4.69) is 4.90 Å². The van der Waals surface area contributed by atoms with Crippen LogP contribution in [0.3, 0.4) is 0 Å². The van der Waals surface area contributed by atoms with Gasteiger partial charge < -0.3 is 15.2 Å². The van der Waals surface area contributed by atoms with Gasteiger partial charge in [0, 0.05) is 45.1 Å². The molecule has 4 nitrogen and oxygen atoms in total. The third-order valence-electron chi connectivity index (χ3n) is 3.48. The molecule has 0 aliphatic carbocycles. The van der Waals surface area contributed by atoms with Crippen molar-refractivity contribution in [2.75, 3.05) is 58.6 Å². The molecule has 102 valence electrons. The van der Waals surface area contributed by atoms with E-state index in [0.29, 0.717) is 0 Å². The second-order valence-corrected chi connectivity index (χ2v) is 5.66. The second kappa shape index (κ2) is 8.32. The summed E-state index contributed by atoms with van der Waals surface area (Å²) in [5, 5.41) is 0. The number of thioether (sulfide) groups is 1. The predicted molar refractivity (Wildman–Crippen MR) is 73.7 cm³/mol. The largest absolute Gasteiger partial charge is 0.383 e. The van der Waals surface area contributed by atoms with E-state index in [1.807, 2.05) is 11.8 Å². The van der Waals surface area contributed by atoms with Crippen molar-refractivity contribution in [1.29, 1.82) is 0 Å². The van der Waals surface area contributed by atoms with E-state index in [4.69, 9.17) is 15.2 Å². The zero-order valence-corrected chi connectivity index (χ0v) is 11.9. The summed E-state index contributed by atoms with van der Waals surface area (Å²) in [6.45, 7) is 4.13. The molecule has 0 bridgehead atoms. The van der Waals surface area contributed by atoms with Crippen LogP contribution in [0.25, 0.3) is 0 Å². The monoisotopic (exact) mass is 262 g/mol. The lowest BCUT2D eigenvalue weighted by molar-refractivity contribution is 0.0424. The molecule has 0 aromatic heterocycles. The smallest absolute Gasteiger partial charge is 0.0589 e. The van der Waals surface area contributed by atoms with E-state index in [1.165, 1.54) is 18.6 Å². The zero-order chi connectivity index (χ0) is 12.6. The van der Waals surface area contributed by atoms with Gasteiger partial charge in [0.1, 0.15) is 0 Å². The summed E-state index contributed by atoms with van der Waals surface area (Å²) in [6.07, 6.45) is 2.46. The molecule has 0 amide bonds. The Kier molecular flexibility index (Phi) is 7.46. The van der Waals surface area contributed by atoms with Crippen LogP contribution in [0, 0.1) is 0 Å². The van der Waals surface area contributed by atoms with Crippen LogP contribution in [0.15, 0.2) is 0 Å². The Morgan fingerprint density at radius 3 is 2.29 bits per heavy atom. The Bertz CT molecular complexity index is 191. The van der Waals surface area contributed by atoms with E-state index < -0.39 is 0 Å². The maximum atomic E-state index is 6.05. The van der Waals surface area contributed by atoms with E-state index >= 15 is 0 Å². The Morgan fingerprint density at radius 1 is 1.24 bits per heavy atom. The van der Waals surface area contributed by atoms with Gasteiger partial charge in [-0.15, -0.1) is 0 Å². The molecule has 0 radical (unpaired) electrons. The molecule has 5 heteroatoms. The van der Waals surface area contributed by atoms with Gasteiger partial charge in [0.25, 0.3) is 0 Å². The number of hydrogen-bond donors (Lipinski definition) is 1. The van der Waals surface area contributed by atoms with Crippen LogP contribution in [0.4, 0.5) is 0 Å². The fourth-order valence-electron chi connectivity index (χ4n) is 2.37. The van der Waals surface area contributed by atoms with Gasteiger partial charge in [0.15, 0.2) is 0 Å². The van der Waals surface area contributed by atoms with Gasteiger partial charge in [-0.05, 0) is 18.6 Å². The fraction of sp³-hybridized carbons (Fsp3) is 1.00. The molecular weight excluding hydrogens is 236 g/mol. The lowest BCUT2D eigenvalue weighted by atomic mass is 9.93. The van der Waals surface area contributed by atoms with Gasteiger partial charge in [-0.1, -0.05) is 0 Å². The summed E-state index contributed by atoms with van der Waals surface area (Å²) in [5.41, 5.74) is 6.20. The number of nitrogens with two attached hydrogens (primary N) is 1. The molecule has 0 saturated carbocycles. The summed E-state index contributed by atoms with van der Waals surface area (Å²) in [4.78, 5) is 2.46. The first kappa shape index (κ1) is 15.2. The highest BCUT2D eigenvalue weighted by atomic mass is 32.2. The predicted octanol–water partition coefficient (Wildman–Crippen LogP) is 0.806. The summed E-state index contributed by atoms with van der Waals surface area (Å²) < 4.78 is 10.4. The van der Waals surface area contributed by atoms with Crippen molar-refractivity contribution >= 4 is 11.8 Å². The normalized spacial score (nSPS) is 25.4. The molecule has 1 saturated heterocycles. The lowest BCUT2D eigenvalue weighted by Gasteiger charge is -2.45. The van der Waals surface area contributed by atoms with Gasteiger partial charge >= 0.3 is 0 Å². The van der Waals surface area contributed by atoms with Crippen molar-refractivity contribution in [2.45, 2.75) is 18.4 Å². The minimum Gasteiger partial charge on any atom is -0.383 e. The maximum absolute atomic E-state index is 6.05. The molecule has 17 heavy (non-hydrogen) atoms. The number of nitrogens with zero attached hydrogens (tertiary/aromatic N) is 1. The van der Waals surface area contributed by atoms with Crippen molar-refractivity contribution in [3.63, 3.8) is 0 Å². The Hall–Kier alpha value is 0.190. The first-order chi connectivity index (χ1) is 8.29. The highest BCUT2D eigenvalue weighted by molar-refractivity contribution is 7.99. The average Bonchev–Trinajstić information content (AvgIpc) is 2.39. The minimum absolute atomic E-state index is 0.153. The Morgan fingerprint density at radius 2 is 1.88 bits per heavy atom. The number of methoxy groups -OCH3 is 2. The highest BCUT2D eigenvalue weighted by Crippen LogP contribution is 2.31. The topological polar surface area (TPSA) is 47.7 Å². The van der Waals surface area contributed by atoms with Crippen molar-refractivity contribution < 1.29 is 9.47 Å². The summed E-state index contributed by atoms with van der Waals surface area (Å²) >= 11 is 2.02. The number of ether oxygens (including phenoxy) is 2. The van der Waals surface area contributed by atoms with Gasteiger partial charge in [-0.25, -0.2) is 0 Å². The van der Waals surface area contributed by atoms with Crippen LogP contribution in [-0.4, -0.2) is 69.0 Å². The third-order valence-corrected chi connectivity index (χ3v) is 4.80. The van der Waals surface area contributed by atoms with E-state index in [0.717, 1.165) is 38.6 Å². The van der Waals surface area contributed by atoms with Crippen LogP contribution in [-0.2, 0) is 9.47 Å². The van der Waals surface area contributed by atoms with Crippen molar-refractivity contribution in [2.24, 2.45) is 5.73 Å². The first-order valence-corrected chi connectivity index (χ1v) is 7.45. The lowest BCUT2D eigenvalue weighted by Crippen LogP contribution is -2.58. The summed E-state index contributed by atoms with van der Waals surface area (Å²) in [5.74, 6) is 2.40. The molecule has 0 aromatic carbocycles. The molecule has 1 heterocycles. The molecule has 1 fully saturated rings. The zero-order valence-electron chi connectivity index (χ0n) is 11.1. The highest BCUT2D eigenvalue weighted by Gasteiger charge is 2.36. The van der Waals surface area contributed by atoms with E-state index in [9.17, 15) is 0 Å². The van der Waals surface area contributed by atoms with Gasteiger partial charge in [0.2, 0.25) is 0 Å². The van der Waals surface area contributed by atoms with Crippen molar-refractivity contribution in [3.8, 4) is 0 Å². The molecular formula is C12H26N2O2S.